The number of rotatable bonds is 3. The van der Waals surface area contributed by atoms with E-state index in [9.17, 15) is 4.79 Å². The maximum atomic E-state index is 11.3. The fraction of sp³-hybridized carbons (Fsp3) is 0.333. The number of aryl methyl sites for hydroxylation is 2. The van der Waals surface area contributed by atoms with Crippen LogP contribution in [0.1, 0.15) is 18.2 Å². The Morgan fingerprint density at radius 2 is 2.15 bits per heavy atom. The van der Waals surface area contributed by atoms with Crippen molar-refractivity contribution >= 4 is 23.5 Å². The molecular weight excluding hydrogens is 270 g/mol. The van der Waals surface area contributed by atoms with Gasteiger partial charge in [-0.15, -0.1) is 11.8 Å². The number of carbonyl (C=O) groups is 1. The van der Waals surface area contributed by atoms with Crippen LogP contribution < -0.4 is 10.2 Å². The third-order valence-corrected chi connectivity index (χ3v) is 3.86. The zero-order valence-electron chi connectivity index (χ0n) is 12.2. The van der Waals surface area contributed by atoms with Crippen molar-refractivity contribution in [2.45, 2.75) is 26.1 Å². The lowest BCUT2D eigenvalue weighted by atomic mass is 10.2. The van der Waals surface area contributed by atoms with Crippen LogP contribution in [0.3, 0.4) is 0 Å². The largest absolute Gasteiger partial charge is 0.327 e. The minimum Gasteiger partial charge on any atom is -0.327 e. The number of aromatic nitrogens is 1. The number of carbonyl (C=O) groups excluding carboxylic acids is 1. The summed E-state index contributed by atoms with van der Waals surface area (Å²) in [5.41, 5.74) is 3.05. The predicted molar refractivity (Wildman–Crippen MR) is 84.5 cm³/mol. The van der Waals surface area contributed by atoms with Gasteiger partial charge in [-0.05, 0) is 50.0 Å². The van der Waals surface area contributed by atoms with Gasteiger partial charge in [-0.3, -0.25) is 4.79 Å². The number of thioether (sulfide) groups is 1. The predicted octanol–water partition coefficient (Wildman–Crippen LogP) is 2.74. The van der Waals surface area contributed by atoms with Gasteiger partial charge in [-0.25, -0.2) is 4.98 Å². The van der Waals surface area contributed by atoms with Gasteiger partial charge in [0.1, 0.15) is 11.2 Å². The number of allylic oxidation sites excluding steroid dienone is 2. The van der Waals surface area contributed by atoms with Crippen molar-refractivity contribution in [3.8, 4) is 0 Å². The molecule has 0 spiro atoms. The van der Waals surface area contributed by atoms with Gasteiger partial charge in [0, 0.05) is 18.8 Å². The molecule has 1 aliphatic rings. The number of pyridine rings is 1. The Kier molecular flexibility index (Phi) is 4.49. The van der Waals surface area contributed by atoms with Crippen LogP contribution in [-0.2, 0) is 4.79 Å². The molecule has 0 radical (unpaired) electrons. The van der Waals surface area contributed by atoms with Crippen LogP contribution in [0.25, 0.3) is 0 Å². The van der Waals surface area contributed by atoms with E-state index in [1.54, 1.807) is 11.8 Å². The Balaban J connectivity index is 2.34. The summed E-state index contributed by atoms with van der Waals surface area (Å²) in [7, 11) is 0. The third kappa shape index (κ3) is 3.22. The minimum atomic E-state index is -0.0565. The van der Waals surface area contributed by atoms with Gasteiger partial charge in [0.15, 0.2) is 0 Å². The van der Waals surface area contributed by atoms with Crippen LogP contribution in [-0.4, -0.2) is 22.5 Å². The fourth-order valence-electron chi connectivity index (χ4n) is 2.25. The second kappa shape index (κ2) is 6.13. The molecule has 0 saturated heterocycles. The summed E-state index contributed by atoms with van der Waals surface area (Å²) in [5.74, 6) is 0.841. The van der Waals surface area contributed by atoms with Gasteiger partial charge < -0.3 is 10.2 Å². The zero-order chi connectivity index (χ0) is 14.7. The summed E-state index contributed by atoms with van der Waals surface area (Å²) in [6, 6.07) is 4.10. The van der Waals surface area contributed by atoms with E-state index in [2.05, 4.69) is 34.3 Å². The summed E-state index contributed by atoms with van der Waals surface area (Å²) >= 11 is 1.66. The monoisotopic (exact) mass is 289 g/mol. The van der Waals surface area contributed by atoms with Crippen LogP contribution in [0.2, 0.25) is 0 Å². The molecule has 0 fully saturated rings. The maximum absolute atomic E-state index is 11.3. The summed E-state index contributed by atoms with van der Waals surface area (Å²) in [6.07, 6.45) is 7.88. The quantitative estimate of drug-likeness (QED) is 0.929. The van der Waals surface area contributed by atoms with Crippen molar-refractivity contribution < 1.29 is 4.79 Å². The van der Waals surface area contributed by atoms with Crippen LogP contribution in [0, 0.1) is 13.8 Å². The molecule has 2 rings (SSSR count). The summed E-state index contributed by atoms with van der Waals surface area (Å²) in [6.45, 7) is 5.57. The molecule has 4 nitrogen and oxygen atoms in total. The summed E-state index contributed by atoms with van der Waals surface area (Å²) in [4.78, 5) is 18.0. The second-order valence-electron chi connectivity index (χ2n) is 4.78. The van der Waals surface area contributed by atoms with E-state index in [0.717, 1.165) is 17.2 Å². The zero-order valence-corrected chi connectivity index (χ0v) is 13.0. The van der Waals surface area contributed by atoms with Crippen molar-refractivity contribution in [1.29, 1.82) is 0 Å². The van der Waals surface area contributed by atoms with E-state index in [1.807, 2.05) is 31.5 Å². The van der Waals surface area contributed by atoms with Crippen LogP contribution in [0.5, 0.6) is 0 Å². The highest BCUT2D eigenvalue weighted by atomic mass is 32.2. The van der Waals surface area contributed by atoms with Gasteiger partial charge in [0.05, 0.1) is 5.70 Å². The first-order valence-electron chi connectivity index (χ1n) is 6.43. The molecule has 0 aromatic carbocycles. The summed E-state index contributed by atoms with van der Waals surface area (Å²) < 4.78 is 0. The Morgan fingerprint density at radius 1 is 1.40 bits per heavy atom. The molecule has 1 aromatic heterocycles. The van der Waals surface area contributed by atoms with Crippen LogP contribution in [0.4, 0.5) is 5.82 Å². The van der Waals surface area contributed by atoms with E-state index in [0.29, 0.717) is 0 Å². The number of nitrogens with one attached hydrogen (secondary N) is 1. The molecule has 2 heterocycles. The standard InChI is InChI=1S/C15H19N3OS/c1-10-8-11(2)16-14(9-10)18-7-5-6-13(15(18)20-4)17-12(3)19/h5-9,15H,1-4H3,(H,17,19). The SMILES string of the molecule is CSC1C(NC(C)=O)=CC=CN1c1cc(C)cc(C)n1. The molecule has 0 saturated carbocycles. The molecular formula is C15H19N3OS. The number of hydrogen-bond acceptors (Lipinski definition) is 4. The first-order chi connectivity index (χ1) is 9.51. The van der Waals surface area contributed by atoms with Crippen molar-refractivity contribution in [3.63, 3.8) is 0 Å². The number of nitrogens with zero attached hydrogens (tertiary/aromatic N) is 2. The van der Waals surface area contributed by atoms with Gasteiger partial charge in [-0.1, -0.05) is 0 Å². The highest BCUT2D eigenvalue weighted by Crippen LogP contribution is 2.28. The minimum absolute atomic E-state index is 0.0256. The molecule has 1 aromatic rings. The Labute approximate surface area is 124 Å². The van der Waals surface area contributed by atoms with Gasteiger partial charge >= 0.3 is 0 Å². The van der Waals surface area contributed by atoms with E-state index in [1.165, 1.54) is 12.5 Å². The number of anilines is 1. The topological polar surface area (TPSA) is 45.2 Å². The van der Waals surface area contributed by atoms with Gasteiger partial charge in [-0.2, -0.15) is 0 Å². The Hall–Kier alpha value is -1.75. The molecule has 1 amide bonds. The van der Waals surface area contributed by atoms with E-state index in [-0.39, 0.29) is 11.3 Å². The highest BCUT2D eigenvalue weighted by Gasteiger charge is 2.24. The summed E-state index contributed by atoms with van der Waals surface area (Å²) in [5, 5.41) is 2.92. The van der Waals surface area contributed by atoms with E-state index in [4.69, 9.17) is 0 Å². The van der Waals surface area contributed by atoms with E-state index >= 15 is 0 Å². The van der Waals surface area contributed by atoms with E-state index < -0.39 is 0 Å². The molecule has 1 N–H and O–H groups in total. The smallest absolute Gasteiger partial charge is 0.221 e. The first-order valence-corrected chi connectivity index (χ1v) is 7.72. The molecule has 1 aliphatic heterocycles. The Bertz CT molecular complexity index is 560. The van der Waals surface area contributed by atoms with Crippen LogP contribution in [0.15, 0.2) is 36.2 Å². The third-order valence-electron chi connectivity index (χ3n) is 2.93. The van der Waals surface area contributed by atoms with Crippen LogP contribution >= 0.6 is 11.8 Å². The average Bonchev–Trinajstić information content (AvgIpc) is 2.36. The Morgan fingerprint density at radius 3 is 2.75 bits per heavy atom. The lowest BCUT2D eigenvalue weighted by Gasteiger charge is -2.32. The lowest BCUT2D eigenvalue weighted by Crippen LogP contribution is -2.38. The van der Waals surface area contributed by atoms with Crippen molar-refractivity contribution in [2.75, 3.05) is 11.2 Å². The molecule has 20 heavy (non-hydrogen) atoms. The van der Waals surface area contributed by atoms with Crippen molar-refractivity contribution in [1.82, 2.24) is 10.3 Å². The fourth-order valence-corrected chi connectivity index (χ4v) is 3.04. The second-order valence-corrected chi connectivity index (χ2v) is 5.70. The molecule has 0 bridgehead atoms. The first kappa shape index (κ1) is 14.7. The maximum Gasteiger partial charge on any atom is 0.221 e. The molecule has 106 valence electrons. The molecule has 5 heteroatoms. The molecule has 1 atom stereocenters. The van der Waals surface area contributed by atoms with Crippen molar-refractivity contribution in [2.24, 2.45) is 0 Å². The number of amides is 1. The van der Waals surface area contributed by atoms with Crippen molar-refractivity contribution in [3.05, 3.63) is 47.4 Å². The molecule has 1 unspecified atom stereocenters. The van der Waals surface area contributed by atoms with Gasteiger partial charge in [0.25, 0.3) is 0 Å². The normalized spacial score (nSPS) is 17.9. The number of hydrogen-bond donors (Lipinski definition) is 1. The lowest BCUT2D eigenvalue weighted by molar-refractivity contribution is -0.118. The average molecular weight is 289 g/mol. The highest BCUT2D eigenvalue weighted by molar-refractivity contribution is 7.99. The molecule has 0 aliphatic carbocycles. The van der Waals surface area contributed by atoms with Gasteiger partial charge in [0.2, 0.25) is 5.91 Å².